The fourth-order valence-corrected chi connectivity index (χ4v) is 3.97. The van der Waals surface area contributed by atoms with E-state index in [1.807, 2.05) is 36.4 Å². The van der Waals surface area contributed by atoms with Crippen molar-refractivity contribution in [2.75, 3.05) is 7.11 Å². The van der Waals surface area contributed by atoms with Crippen LogP contribution in [0.2, 0.25) is 0 Å². The summed E-state index contributed by atoms with van der Waals surface area (Å²) in [6.45, 7) is 2.12. The van der Waals surface area contributed by atoms with Crippen LogP contribution < -0.4 is 4.74 Å². The van der Waals surface area contributed by atoms with E-state index < -0.39 is 5.97 Å². The highest BCUT2D eigenvalue weighted by Gasteiger charge is 2.27. The van der Waals surface area contributed by atoms with E-state index in [1.54, 1.807) is 12.1 Å². The third-order valence-corrected chi connectivity index (χ3v) is 5.18. The number of para-hydroxylation sites is 1. The molecule has 1 unspecified atom stereocenters. The van der Waals surface area contributed by atoms with E-state index in [2.05, 4.69) is 6.92 Å². The predicted molar refractivity (Wildman–Crippen MR) is 109 cm³/mol. The van der Waals surface area contributed by atoms with Crippen LogP contribution in [0.4, 0.5) is 0 Å². The van der Waals surface area contributed by atoms with Crippen molar-refractivity contribution in [3.63, 3.8) is 0 Å². The van der Waals surface area contributed by atoms with Gasteiger partial charge in [-0.25, -0.2) is 9.78 Å². The number of benzene rings is 2. The molecule has 0 bridgehead atoms. The largest absolute Gasteiger partial charge is 0.504 e. The minimum atomic E-state index is -0.922. The number of ether oxygens (including phenoxy) is 1. The third-order valence-electron chi connectivity index (χ3n) is 5.18. The average molecular weight is 375 g/mol. The molecule has 1 atom stereocenters. The lowest BCUT2D eigenvalue weighted by Gasteiger charge is -2.26. The molecule has 4 rings (SSSR count). The van der Waals surface area contributed by atoms with Gasteiger partial charge in [-0.2, -0.15) is 0 Å². The Bertz CT molecular complexity index is 1120. The molecular formula is C23H21NO4. The van der Waals surface area contributed by atoms with Crippen LogP contribution in [0.25, 0.3) is 22.6 Å². The summed E-state index contributed by atoms with van der Waals surface area (Å²) in [5.74, 6) is -0.135. The maximum atomic E-state index is 12.1. The second kappa shape index (κ2) is 7.00. The van der Waals surface area contributed by atoms with Crippen LogP contribution >= 0.6 is 0 Å². The molecule has 0 fully saturated rings. The quantitative estimate of drug-likeness (QED) is 0.689. The Hall–Kier alpha value is -3.34. The van der Waals surface area contributed by atoms with Crippen molar-refractivity contribution in [2.45, 2.75) is 19.8 Å². The number of aromatic carboxylic acids is 1. The Morgan fingerprint density at radius 1 is 1.21 bits per heavy atom. The van der Waals surface area contributed by atoms with Crippen LogP contribution in [-0.2, 0) is 6.42 Å². The Balaban J connectivity index is 1.95. The van der Waals surface area contributed by atoms with E-state index in [0.29, 0.717) is 34.6 Å². The highest BCUT2D eigenvalue weighted by atomic mass is 16.5. The lowest BCUT2D eigenvalue weighted by molar-refractivity contribution is 0.0697. The van der Waals surface area contributed by atoms with Gasteiger partial charge in [-0.1, -0.05) is 31.2 Å². The molecule has 5 heteroatoms. The summed E-state index contributed by atoms with van der Waals surface area (Å²) >= 11 is 0. The molecule has 0 spiro atoms. The number of carboxylic acids is 1. The van der Waals surface area contributed by atoms with Crippen molar-refractivity contribution < 1.29 is 19.7 Å². The van der Waals surface area contributed by atoms with Gasteiger partial charge in [-0.05, 0) is 59.7 Å². The first-order valence-electron chi connectivity index (χ1n) is 9.20. The van der Waals surface area contributed by atoms with Gasteiger partial charge >= 0.3 is 5.97 Å². The third kappa shape index (κ3) is 3.09. The number of rotatable bonds is 3. The molecule has 0 radical (unpaired) electrons. The molecule has 1 aromatic heterocycles. The van der Waals surface area contributed by atoms with Crippen molar-refractivity contribution in [1.29, 1.82) is 0 Å². The van der Waals surface area contributed by atoms with Crippen molar-refractivity contribution in [3.8, 4) is 11.5 Å². The lowest BCUT2D eigenvalue weighted by atomic mass is 9.80. The molecule has 0 saturated heterocycles. The number of carboxylic acid groups (broad SMARTS) is 1. The molecule has 3 aromatic rings. The first-order valence-corrected chi connectivity index (χ1v) is 9.20. The highest BCUT2D eigenvalue weighted by molar-refractivity contribution is 6.05. The van der Waals surface area contributed by atoms with Gasteiger partial charge in [-0.3, -0.25) is 0 Å². The Kier molecular flexibility index (Phi) is 4.51. The summed E-state index contributed by atoms with van der Waals surface area (Å²) in [7, 11) is 1.51. The fourth-order valence-electron chi connectivity index (χ4n) is 3.97. The van der Waals surface area contributed by atoms with E-state index >= 15 is 0 Å². The molecule has 2 aromatic carbocycles. The molecule has 5 nitrogen and oxygen atoms in total. The molecule has 2 N–H and O–H groups in total. The topological polar surface area (TPSA) is 79.7 Å². The zero-order chi connectivity index (χ0) is 19.8. The van der Waals surface area contributed by atoms with Gasteiger partial charge in [0.05, 0.1) is 23.9 Å². The van der Waals surface area contributed by atoms with Gasteiger partial charge < -0.3 is 14.9 Å². The first kappa shape index (κ1) is 18.0. The number of fused-ring (bicyclic) bond motifs is 2. The molecule has 142 valence electrons. The number of methoxy groups -OCH3 is 1. The van der Waals surface area contributed by atoms with Crippen molar-refractivity contribution >= 4 is 28.5 Å². The minimum absolute atomic E-state index is 0.0827. The van der Waals surface area contributed by atoms with Gasteiger partial charge in [0.25, 0.3) is 0 Å². The lowest BCUT2D eigenvalue weighted by Crippen LogP contribution is -2.17. The summed E-state index contributed by atoms with van der Waals surface area (Å²) in [4.78, 5) is 16.9. The average Bonchev–Trinajstić information content (AvgIpc) is 2.67. The Labute approximate surface area is 162 Å². The number of pyridine rings is 1. The predicted octanol–water partition coefficient (Wildman–Crippen LogP) is 4.77. The zero-order valence-corrected chi connectivity index (χ0v) is 15.8. The number of carbonyl (C=O) groups is 1. The molecule has 1 aliphatic rings. The van der Waals surface area contributed by atoms with Gasteiger partial charge in [0, 0.05) is 5.39 Å². The molecule has 28 heavy (non-hydrogen) atoms. The monoisotopic (exact) mass is 375 g/mol. The van der Waals surface area contributed by atoms with Crippen LogP contribution in [0.3, 0.4) is 0 Å². The van der Waals surface area contributed by atoms with E-state index in [9.17, 15) is 15.0 Å². The van der Waals surface area contributed by atoms with Crippen molar-refractivity contribution in [3.05, 3.63) is 64.8 Å². The Morgan fingerprint density at radius 2 is 2.00 bits per heavy atom. The van der Waals surface area contributed by atoms with Crippen LogP contribution in [0.5, 0.6) is 11.5 Å². The van der Waals surface area contributed by atoms with Crippen LogP contribution in [0, 0.1) is 5.92 Å². The summed E-state index contributed by atoms with van der Waals surface area (Å²) in [6.07, 6.45) is 3.50. The smallest absolute Gasteiger partial charge is 0.336 e. The van der Waals surface area contributed by atoms with Gasteiger partial charge in [-0.15, -0.1) is 0 Å². The molecule has 0 aliphatic heterocycles. The number of aromatic hydroxyl groups is 1. The second-order valence-electron chi connectivity index (χ2n) is 7.25. The molecule has 1 aliphatic carbocycles. The van der Waals surface area contributed by atoms with Crippen LogP contribution in [-0.4, -0.2) is 28.3 Å². The first-order chi connectivity index (χ1) is 13.5. The number of phenols is 1. The number of nitrogens with zero attached hydrogens (tertiary/aromatic N) is 1. The SMILES string of the molecule is COc1cc(/C=C2\CC(C)Cc3c2nc2ccccc2c3C(=O)O)ccc1O. The van der Waals surface area contributed by atoms with Crippen LogP contribution in [0.15, 0.2) is 42.5 Å². The number of allylic oxidation sites excluding steroid dienone is 1. The summed E-state index contributed by atoms with van der Waals surface area (Å²) in [5.41, 5.74) is 4.44. The second-order valence-corrected chi connectivity index (χ2v) is 7.25. The Morgan fingerprint density at radius 3 is 2.75 bits per heavy atom. The number of aromatic nitrogens is 1. The highest BCUT2D eigenvalue weighted by Crippen LogP contribution is 2.39. The zero-order valence-electron chi connectivity index (χ0n) is 15.8. The minimum Gasteiger partial charge on any atom is -0.504 e. The summed E-state index contributed by atoms with van der Waals surface area (Å²) in [5, 5.41) is 20.4. The number of phenolic OH excluding ortho intramolecular Hbond substituents is 1. The van der Waals surface area contributed by atoms with E-state index in [1.165, 1.54) is 7.11 Å². The van der Waals surface area contributed by atoms with E-state index in [0.717, 1.165) is 28.8 Å². The molecular weight excluding hydrogens is 354 g/mol. The standard InChI is InChI=1S/C23H21NO4/c1-13-9-15(11-14-7-8-19(25)20(12-14)28-2)22-17(10-13)21(23(26)27)16-5-3-4-6-18(16)24-22/h3-8,11-13,25H,9-10H2,1-2H3,(H,26,27)/b15-11+. The van der Waals surface area contributed by atoms with Crippen LogP contribution in [0.1, 0.15) is 40.5 Å². The normalized spacial score (nSPS) is 17.5. The van der Waals surface area contributed by atoms with Gasteiger partial charge in [0.2, 0.25) is 0 Å². The van der Waals surface area contributed by atoms with Gasteiger partial charge in [0.15, 0.2) is 11.5 Å². The van der Waals surface area contributed by atoms with Crippen molar-refractivity contribution in [1.82, 2.24) is 4.98 Å². The van der Waals surface area contributed by atoms with E-state index in [-0.39, 0.29) is 5.75 Å². The maximum Gasteiger partial charge on any atom is 0.336 e. The summed E-state index contributed by atoms with van der Waals surface area (Å²) < 4.78 is 5.20. The molecule has 0 amide bonds. The maximum absolute atomic E-state index is 12.1. The summed E-state index contributed by atoms with van der Waals surface area (Å²) in [6, 6.07) is 12.5. The number of hydrogen-bond donors (Lipinski definition) is 2. The molecule has 1 heterocycles. The fraction of sp³-hybridized carbons (Fsp3) is 0.217. The number of hydrogen-bond acceptors (Lipinski definition) is 4. The van der Waals surface area contributed by atoms with Crippen molar-refractivity contribution in [2.24, 2.45) is 5.92 Å². The van der Waals surface area contributed by atoms with E-state index in [4.69, 9.17) is 9.72 Å². The molecule has 0 saturated carbocycles. The van der Waals surface area contributed by atoms with Gasteiger partial charge in [0.1, 0.15) is 0 Å².